The molecule has 0 saturated heterocycles. The van der Waals surface area contributed by atoms with Crippen molar-refractivity contribution in [2.24, 2.45) is 0 Å². The number of benzene rings is 1. The number of carbonyl (C=O) groups is 1. The molecule has 0 aliphatic rings. The molecule has 0 bridgehead atoms. The predicted octanol–water partition coefficient (Wildman–Crippen LogP) is 0.833. The van der Waals surface area contributed by atoms with Crippen molar-refractivity contribution < 1.29 is 14.7 Å². The summed E-state index contributed by atoms with van der Waals surface area (Å²) in [4.78, 5) is 15.4. The van der Waals surface area contributed by atoms with Crippen LogP contribution in [0, 0.1) is 0 Å². The maximum atomic E-state index is 10.8. The Morgan fingerprint density at radius 2 is 2.14 bits per heavy atom. The van der Waals surface area contributed by atoms with E-state index in [1.54, 1.807) is 0 Å². The summed E-state index contributed by atoms with van der Waals surface area (Å²) in [7, 11) is 1.40. The number of hydroxylamine groups is 1. The highest BCUT2D eigenvalue weighted by Gasteiger charge is 2.16. The van der Waals surface area contributed by atoms with Crippen molar-refractivity contribution in [2.75, 3.05) is 7.11 Å². The molecular weight excluding hydrogens is 182 g/mol. The van der Waals surface area contributed by atoms with Crippen molar-refractivity contribution in [1.29, 1.82) is 0 Å². The second-order valence-corrected chi connectivity index (χ2v) is 2.90. The minimum absolute atomic E-state index is 0.407. The van der Waals surface area contributed by atoms with Crippen molar-refractivity contribution >= 4 is 5.97 Å². The summed E-state index contributed by atoms with van der Waals surface area (Å²) in [5.41, 5.74) is 3.39. The fourth-order valence-electron chi connectivity index (χ4n) is 1.17. The second kappa shape index (κ2) is 5.36. The van der Waals surface area contributed by atoms with Gasteiger partial charge < -0.3 is 9.94 Å². The molecule has 1 aromatic carbocycles. The molecule has 0 unspecified atom stereocenters. The number of aliphatic carboxylic acids is 1. The summed E-state index contributed by atoms with van der Waals surface area (Å²) in [6, 6.07) is 8.70. The van der Waals surface area contributed by atoms with Crippen molar-refractivity contribution in [3.05, 3.63) is 35.9 Å². The fraction of sp³-hybridized carbons (Fsp3) is 0.300. The van der Waals surface area contributed by atoms with Gasteiger partial charge in [0.15, 0.2) is 0 Å². The van der Waals surface area contributed by atoms with Gasteiger partial charge in [-0.2, -0.15) is 5.48 Å². The molecule has 0 heterocycles. The van der Waals surface area contributed by atoms with Crippen LogP contribution >= 0.6 is 0 Å². The van der Waals surface area contributed by atoms with E-state index in [0.29, 0.717) is 6.42 Å². The quantitative estimate of drug-likeness (QED) is 0.683. The lowest BCUT2D eigenvalue weighted by Crippen LogP contribution is -2.37. The van der Waals surface area contributed by atoms with Crippen LogP contribution in [0.4, 0.5) is 0 Å². The van der Waals surface area contributed by atoms with Gasteiger partial charge >= 0.3 is 5.97 Å². The molecule has 14 heavy (non-hydrogen) atoms. The molecule has 0 saturated carbocycles. The zero-order valence-electron chi connectivity index (χ0n) is 7.93. The standard InChI is InChI=1S/C10H13NO3/c1-14-11-9(10(12)13)7-8-5-3-2-4-6-8/h2-6,9,11H,7H2,1H3,(H,12,13)/t9-/m0/s1. The lowest BCUT2D eigenvalue weighted by Gasteiger charge is -2.12. The summed E-state index contributed by atoms with van der Waals surface area (Å²) >= 11 is 0. The number of hydrogen-bond acceptors (Lipinski definition) is 3. The third-order valence-electron chi connectivity index (χ3n) is 1.84. The van der Waals surface area contributed by atoms with E-state index in [9.17, 15) is 4.79 Å². The molecule has 0 aliphatic carbocycles. The number of nitrogens with one attached hydrogen (secondary N) is 1. The zero-order chi connectivity index (χ0) is 10.4. The van der Waals surface area contributed by atoms with Gasteiger partial charge in [0.25, 0.3) is 0 Å². The normalized spacial score (nSPS) is 12.4. The van der Waals surface area contributed by atoms with Crippen LogP contribution in [0.1, 0.15) is 5.56 Å². The monoisotopic (exact) mass is 195 g/mol. The lowest BCUT2D eigenvalue weighted by molar-refractivity contribution is -0.143. The fourth-order valence-corrected chi connectivity index (χ4v) is 1.17. The molecule has 4 nitrogen and oxygen atoms in total. The number of hydrogen-bond donors (Lipinski definition) is 2. The maximum absolute atomic E-state index is 10.8. The Morgan fingerprint density at radius 1 is 1.50 bits per heavy atom. The number of rotatable bonds is 5. The SMILES string of the molecule is CON[C@@H](Cc1ccccc1)C(=O)O. The first-order valence-corrected chi connectivity index (χ1v) is 4.29. The van der Waals surface area contributed by atoms with E-state index in [0.717, 1.165) is 5.56 Å². The summed E-state index contributed by atoms with van der Waals surface area (Å²) < 4.78 is 0. The van der Waals surface area contributed by atoms with Crippen LogP contribution in [0.2, 0.25) is 0 Å². The minimum atomic E-state index is -0.921. The van der Waals surface area contributed by atoms with Gasteiger partial charge in [-0.05, 0) is 5.56 Å². The first-order chi connectivity index (χ1) is 6.74. The van der Waals surface area contributed by atoms with Crippen molar-refractivity contribution in [3.8, 4) is 0 Å². The minimum Gasteiger partial charge on any atom is -0.480 e. The van der Waals surface area contributed by atoms with Gasteiger partial charge in [0.2, 0.25) is 0 Å². The molecule has 0 radical (unpaired) electrons. The molecule has 1 rings (SSSR count). The summed E-state index contributed by atoms with van der Waals surface area (Å²) in [5, 5.41) is 8.82. The molecule has 0 aliphatic heterocycles. The van der Waals surface area contributed by atoms with Crippen LogP contribution in [-0.2, 0) is 16.1 Å². The number of carboxylic acid groups (broad SMARTS) is 1. The predicted molar refractivity (Wildman–Crippen MR) is 51.7 cm³/mol. The average molecular weight is 195 g/mol. The van der Waals surface area contributed by atoms with Crippen LogP contribution in [-0.4, -0.2) is 24.2 Å². The highest BCUT2D eigenvalue weighted by atomic mass is 16.6. The Morgan fingerprint density at radius 3 is 2.64 bits per heavy atom. The largest absolute Gasteiger partial charge is 0.480 e. The summed E-state index contributed by atoms with van der Waals surface area (Å²) in [6.45, 7) is 0. The van der Waals surface area contributed by atoms with E-state index in [1.807, 2.05) is 30.3 Å². The molecule has 76 valence electrons. The molecule has 4 heteroatoms. The molecular formula is C10H13NO3. The van der Waals surface area contributed by atoms with Gasteiger partial charge in [0, 0.05) is 6.42 Å². The maximum Gasteiger partial charge on any atom is 0.323 e. The van der Waals surface area contributed by atoms with Crippen molar-refractivity contribution in [2.45, 2.75) is 12.5 Å². The summed E-state index contributed by atoms with van der Waals surface area (Å²) in [6.07, 6.45) is 0.407. The van der Waals surface area contributed by atoms with Gasteiger partial charge in [0.05, 0.1) is 7.11 Å². The average Bonchev–Trinajstić information content (AvgIpc) is 2.18. The molecule has 1 aromatic rings. The van der Waals surface area contributed by atoms with Crippen LogP contribution in [0.5, 0.6) is 0 Å². The smallest absolute Gasteiger partial charge is 0.323 e. The molecule has 0 amide bonds. The third kappa shape index (κ3) is 3.16. The summed E-state index contributed by atoms with van der Waals surface area (Å²) in [5.74, 6) is -0.921. The van der Waals surface area contributed by atoms with E-state index in [4.69, 9.17) is 5.11 Å². The molecule has 0 fully saturated rings. The second-order valence-electron chi connectivity index (χ2n) is 2.90. The Kier molecular flexibility index (Phi) is 4.10. The van der Waals surface area contributed by atoms with Crippen molar-refractivity contribution in [1.82, 2.24) is 5.48 Å². The zero-order valence-corrected chi connectivity index (χ0v) is 7.93. The number of carboxylic acids is 1. The van der Waals surface area contributed by atoms with Crippen LogP contribution in [0.25, 0.3) is 0 Å². The first kappa shape index (κ1) is 10.7. The third-order valence-corrected chi connectivity index (χ3v) is 1.84. The highest BCUT2D eigenvalue weighted by Crippen LogP contribution is 2.03. The van der Waals surface area contributed by atoms with Gasteiger partial charge in [-0.1, -0.05) is 30.3 Å². The Hall–Kier alpha value is -1.39. The van der Waals surface area contributed by atoms with E-state index in [1.165, 1.54) is 7.11 Å². The Labute approximate surface area is 82.5 Å². The topological polar surface area (TPSA) is 58.6 Å². The van der Waals surface area contributed by atoms with E-state index < -0.39 is 12.0 Å². The van der Waals surface area contributed by atoms with Gasteiger partial charge in [-0.3, -0.25) is 4.79 Å². The molecule has 2 N–H and O–H groups in total. The van der Waals surface area contributed by atoms with Gasteiger partial charge in [0.1, 0.15) is 6.04 Å². The van der Waals surface area contributed by atoms with Crippen molar-refractivity contribution in [3.63, 3.8) is 0 Å². The van der Waals surface area contributed by atoms with Gasteiger partial charge in [-0.25, -0.2) is 0 Å². The van der Waals surface area contributed by atoms with E-state index in [2.05, 4.69) is 10.3 Å². The van der Waals surface area contributed by atoms with Crippen LogP contribution in [0.15, 0.2) is 30.3 Å². The van der Waals surface area contributed by atoms with Gasteiger partial charge in [-0.15, -0.1) is 0 Å². The van der Waals surface area contributed by atoms with Crippen LogP contribution < -0.4 is 5.48 Å². The molecule has 0 aromatic heterocycles. The highest BCUT2D eigenvalue weighted by molar-refractivity contribution is 5.73. The Balaban J connectivity index is 2.60. The van der Waals surface area contributed by atoms with Crippen LogP contribution in [0.3, 0.4) is 0 Å². The van der Waals surface area contributed by atoms with E-state index in [-0.39, 0.29) is 0 Å². The molecule has 0 spiro atoms. The Bertz CT molecular complexity index is 287. The molecule has 1 atom stereocenters. The first-order valence-electron chi connectivity index (χ1n) is 4.29. The van der Waals surface area contributed by atoms with E-state index >= 15 is 0 Å². The lowest BCUT2D eigenvalue weighted by atomic mass is 10.1.